The lowest BCUT2D eigenvalue weighted by Crippen LogP contribution is -2.53. The fraction of sp³-hybridized carbons (Fsp3) is 0.562. The molecular formula is C16H24N2O2. The van der Waals surface area contributed by atoms with E-state index in [0.717, 1.165) is 24.2 Å². The predicted octanol–water partition coefficient (Wildman–Crippen LogP) is 2.25. The number of carbonyl (C=O) groups is 1. The lowest BCUT2D eigenvalue weighted by atomic mass is 9.62. The Kier molecular flexibility index (Phi) is 4.33. The zero-order chi connectivity index (χ0) is 14.8. The quantitative estimate of drug-likeness (QED) is 0.867. The van der Waals surface area contributed by atoms with Crippen LogP contribution < -0.4 is 15.8 Å². The van der Waals surface area contributed by atoms with E-state index >= 15 is 0 Å². The number of nitrogens with one attached hydrogen (secondary N) is 1. The number of hydrogen-bond donors (Lipinski definition) is 2. The zero-order valence-corrected chi connectivity index (χ0v) is 12.5. The summed E-state index contributed by atoms with van der Waals surface area (Å²) in [6, 6.07) is 7.74. The average molecular weight is 276 g/mol. The molecule has 1 unspecified atom stereocenters. The number of hydrogen-bond acceptors (Lipinski definition) is 3. The largest absolute Gasteiger partial charge is 0.497 e. The lowest BCUT2D eigenvalue weighted by Gasteiger charge is -2.44. The number of benzene rings is 1. The molecule has 1 amide bonds. The summed E-state index contributed by atoms with van der Waals surface area (Å²) in [6.45, 7) is 4.58. The molecule has 20 heavy (non-hydrogen) atoms. The van der Waals surface area contributed by atoms with Gasteiger partial charge in [-0.25, -0.2) is 0 Å². The highest BCUT2D eigenvalue weighted by Crippen LogP contribution is 2.45. The molecule has 3 N–H and O–H groups in total. The topological polar surface area (TPSA) is 64.3 Å². The maximum absolute atomic E-state index is 12.4. The van der Waals surface area contributed by atoms with E-state index < -0.39 is 0 Å². The van der Waals surface area contributed by atoms with Crippen molar-refractivity contribution < 1.29 is 9.53 Å². The summed E-state index contributed by atoms with van der Waals surface area (Å²) in [4.78, 5) is 12.4. The van der Waals surface area contributed by atoms with Gasteiger partial charge >= 0.3 is 0 Å². The summed E-state index contributed by atoms with van der Waals surface area (Å²) >= 11 is 0. The Labute approximate surface area is 120 Å². The van der Waals surface area contributed by atoms with Gasteiger partial charge in [-0.3, -0.25) is 4.79 Å². The maximum atomic E-state index is 12.4. The Morgan fingerprint density at radius 1 is 1.45 bits per heavy atom. The Morgan fingerprint density at radius 2 is 2.05 bits per heavy atom. The summed E-state index contributed by atoms with van der Waals surface area (Å²) in [5.74, 6) is 1.50. The average Bonchev–Trinajstić information content (AvgIpc) is 2.43. The molecule has 1 fully saturated rings. The summed E-state index contributed by atoms with van der Waals surface area (Å²) in [6.07, 6.45) is 1.79. The first-order valence-corrected chi connectivity index (χ1v) is 7.16. The van der Waals surface area contributed by atoms with Crippen LogP contribution in [-0.2, 0) is 4.79 Å². The molecule has 1 aromatic carbocycles. The lowest BCUT2D eigenvalue weighted by molar-refractivity contribution is -0.138. The molecule has 1 atom stereocenters. The van der Waals surface area contributed by atoms with Gasteiger partial charge in [0, 0.05) is 6.54 Å². The normalized spacial score (nSPS) is 26.5. The minimum atomic E-state index is -0.347. The third kappa shape index (κ3) is 2.80. The van der Waals surface area contributed by atoms with Crippen LogP contribution in [0.1, 0.15) is 38.3 Å². The molecular weight excluding hydrogens is 252 g/mol. The van der Waals surface area contributed by atoms with Gasteiger partial charge in [-0.2, -0.15) is 0 Å². The molecule has 1 aliphatic carbocycles. The van der Waals surface area contributed by atoms with E-state index in [1.165, 1.54) is 0 Å². The van der Waals surface area contributed by atoms with Gasteiger partial charge in [-0.15, -0.1) is 0 Å². The zero-order valence-electron chi connectivity index (χ0n) is 12.5. The van der Waals surface area contributed by atoms with Crippen LogP contribution in [0.4, 0.5) is 0 Å². The summed E-state index contributed by atoms with van der Waals surface area (Å²) in [7, 11) is 1.64. The van der Waals surface area contributed by atoms with Gasteiger partial charge in [-0.1, -0.05) is 19.1 Å². The third-order valence-electron chi connectivity index (χ3n) is 4.31. The first kappa shape index (κ1) is 14.9. The van der Waals surface area contributed by atoms with Crippen molar-refractivity contribution in [2.75, 3.05) is 13.7 Å². The second kappa shape index (κ2) is 5.83. The molecule has 0 heterocycles. The van der Waals surface area contributed by atoms with E-state index in [1.807, 2.05) is 31.2 Å². The molecule has 4 nitrogen and oxygen atoms in total. The van der Waals surface area contributed by atoms with E-state index in [4.69, 9.17) is 10.5 Å². The Balaban J connectivity index is 1.99. The van der Waals surface area contributed by atoms with Crippen molar-refractivity contribution in [3.8, 4) is 5.75 Å². The van der Waals surface area contributed by atoms with Crippen LogP contribution in [0, 0.1) is 11.3 Å². The van der Waals surface area contributed by atoms with Gasteiger partial charge in [0.2, 0.25) is 5.91 Å². The minimum Gasteiger partial charge on any atom is -0.497 e. The smallest absolute Gasteiger partial charge is 0.227 e. The predicted molar refractivity (Wildman–Crippen MR) is 79.4 cm³/mol. The molecule has 110 valence electrons. The number of nitrogens with two attached hydrogens (primary N) is 1. The van der Waals surface area contributed by atoms with Gasteiger partial charge in [0.05, 0.1) is 18.6 Å². The van der Waals surface area contributed by atoms with Crippen molar-refractivity contribution in [3.05, 3.63) is 29.8 Å². The van der Waals surface area contributed by atoms with Gasteiger partial charge in [-0.05, 0) is 43.4 Å². The van der Waals surface area contributed by atoms with Crippen LogP contribution in [-0.4, -0.2) is 19.6 Å². The van der Waals surface area contributed by atoms with Gasteiger partial charge in [0.1, 0.15) is 5.75 Å². The fourth-order valence-electron chi connectivity index (χ4n) is 3.04. The molecule has 0 saturated heterocycles. The molecule has 0 bridgehead atoms. The number of methoxy groups -OCH3 is 1. The van der Waals surface area contributed by atoms with Crippen molar-refractivity contribution in [2.45, 2.75) is 32.7 Å². The van der Waals surface area contributed by atoms with Crippen LogP contribution in [0.25, 0.3) is 0 Å². The molecule has 0 aliphatic heterocycles. The molecule has 4 heteroatoms. The molecule has 0 aromatic heterocycles. The maximum Gasteiger partial charge on any atom is 0.227 e. The Bertz CT molecular complexity index is 464. The van der Waals surface area contributed by atoms with Crippen molar-refractivity contribution in [1.29, 1.82) is 0 Å². The number of carbonyl (C=O) groups excluding carboxylic acids is 1. The highest BCUT2D eigenvalue weighted by atomic mass is 16.5. The minimum absolute atomic E-state index is 0.0206. The van der Waals surface area contributed by atoms with Crippen molar-refractivity contribution in [1.82, 2.24) is 5.32 Å². The SMILES string of the molecule is COc1ccc(C(C)NC(=O)C2(CN)CC(C)C2)cc1. The molecule has 2 rings (SSSR count). The number of amides is 1. The van der Waals surface area contributed by atoms with E-state index in [0.29, 0.717) is 12.5 Å². The van der Waals surface area contributed by atoms with Crippen LogP contribution in [0.3, 0.4) is 0 Å². The van der Waals surface area contributed by atoms with E-state index in [9.17, 15) is 4.79 Å². The third-order valence-corrected chi connectivity index (χ3v) is 4.31. The van der Waals surface area contributed by atoms with Crippen LogP contribution in [0.15, 0.2) is 24.3 Å². The standard InChI is InChI=1S/C16H24N2O2/c1-11-8-16(9-11,10-17)15(19)18-12(2)13-4-6-14(20-3)7-5-13/h4-7,11-12H,8-10,17H2,1-3H3,(H,18,19). The van der Waals surface area contributed by atoms with Crippen LogP contribution in [0.2, 0.25) is 0 Å². The Hall–Kier alpha value is -1.55. The van der Waals surface area contributed by atoms with E-state index in [-0.39, 0.29) is 17.4 Å². The van der Waals surface area contributed by atoms with Gasteiger partial charge < -0.3 is 15.8 Å². The Morgan fingerprint density at radius 3 is 2.50 bits per heavy atom. The molecule has 0 spiro atoms. The molecule has 0 radical (unpaired) electrons. The van der Waals surface area contributed by atoms with Crippen molar-refractivity contribution >= 4 is 5.91 Å². The second-order valence-corrected chi connectivity index (χ2v) is 5.97. The first-order valence-electron chi connectivity index (χ1n) is 7.16. The summed E-state index contributed by atoms with van der Waals surface area (Å²) < 4.78 is 5.14. The van der Waals surface area contributed by atoms with Gasteiger partial charge in [0.15, 0.2) is 0 Å². The summed E-state index contributed by atoms with van der Waals surface area (Å²) in [5, 5.41) is 3.09. The molecule has 1 saturated carbocycles. The number of ether oxygens (including phenoxy) is 1. The summed E-state index contributed by atoms with van der Waals surface area (Å²) in [5.41, 5.74) is 6.53. The monoisotopic (exact) mass is 276 g/mol. The van der Waals surface area contributed by atoms with E-state index in [2.05, 4.69) is 12.2 Å². The highest BCUT2D eigenvalue weighted by molar-refractivity contribution is 5.84. The second-order valence-electron chi connectivity index (χ2n) is 5.97. The molecule has 1 aliphatic rings. The highest BCUT2D eigenvalue weighted by Gasteiger charge is 2.47. The van der Waals surface area contributed by atoms with Crippen molar-refractivity contribution in [2.24, 2.45) is 17.1 Å². The van der Waals surface area contributed by atoms with Crippen molar-refractivity contribution in [3.63, 3.8) is 0 Å². The number of rotatable bonds is 5. The van der Waals surface area contributed by atoms with Crippen LogP contribution in [0.5, 0.6) is 5.75 Å². The van der Waals surface area contributed by atoms with Crippen LogP contribution >= 0.6 is 0 Å². The fourth-order valence-corrected chi connectivity index (χ4v) is 3.04. The van der Waals surface area contributed by atoms with E-state index in [1.54, 1.807) is 7.11 Å². The molecule has 1 aromatic rings. The first-order chi connectivity index (χ1) is 9.50. The van der Waals surface area contributed by atoms with Gasteiger partial charge in [0.25, 0.3) is 0 Å².